The molecule has 0 saturated carbocycles. The zero-order valence-corrected chi connectivity index (χ0v) is 21.5. The second-order valence-corrected chi connectivity index (χ2v) is 8.72. The van der Waals surface area contributed by atoms with Crippen molar-refractivity contribution in [1.29, 1.82) is 0 Å². The van der Waals surface area contributed by atoms with Crippen molar-refractivity contribution < 1.29 is 0 Å². The van der Waals surface area contributed by atoms with Gasteiger partial charge in [0, 0.05) is 37.6 Å². The number of nitrogens with one attached hydrogen (secondary N) is 1. The molecule has 1 unspecified atom stereocenters. The van der Waals surface area contributed by atoms with Crippen LogP contribution in [0.1, 0.15) is 44.9 Å². The smallest absolute Gasteiger partial charge is 0.0958 e. The highest BCUT2D eigenvalue weighted by Gasteiger charge is 2.26. The summed E-state index contributed by atoms with van der Waals surface area (Å²) in [4.78, 5) is 4.79. The number of allylic oxidation sites excluding steroid dienone is 1. The first-order valence-electron chi connectivity index (χ1n) is 12.9. The van der Waals surface area contributed by atoms with Crippen molar-refractivity contribution in [1.82, 2.24) is 10.3 Å². The maximum absolute atomic E-state index is 3.70. The lowest BCUT2D eigenvalue weighted by molar-refractivity contribution is 0.441. The van der Waals surface area contributed by atoms with Crippen molar-refractivity contribution in [2.24, 2.45) is 0 Å². The van der Waals surface area contributed by atoms with Crippen molar-refractivity contribution in [2.75, 3.05) is 36.1 Å². The van der Waals surface area contributed by atoms with Crippen molar-refractivity contribution >= 4 is 17.1 Å². The van der Waals surface area contributed by atoms with E-state index in [1.165, 1.54) is 22.5 Å². The Labute approximate surface area is 211 Å². The van der Waals surface area contributed by atoms with Crippen LogP contribution in [-0.2, 0) is 0 Å². The summed E-state index contributed by atoms with van der Waals surface area (Å²) in [7, 11) is 0. The van der Waals surface area contributed by atoms with Gasteiger partial charge in [-0.25, -0.2) is 0 Å². The van der Waals surface area contributed by atoms with Crippen molar-refractivity contribution in [3.05, 3.63) is 114 Å². The molecule has 1 N–H and O–H groups in total. The number of benzene rings is 3. The molecule has 35 heavy (non-hydrogen) atoms. The van der Waals surface area contributed by atoms with Gasteiger partial charge >= 0.3 is 0 Å². The van der Waals surface area contributed by atoms with Gasteiger partial charge in [0.1, 0.15) is 0 Å². The van der Waals surface area contributed by atoms with Crippen LogP contribution in [0, 0.1) is 0 Å². The van der Waals surface area contributed by atoms with E-state index in [4.69, 9.17) is 0 Å². The standard InChI is InChI=1S/C31H38N4/c1-5-33(6-2)28-21-19-26(20-22-28)31-24-27(32-35(31)29-17-13-10-14-18-29)23-30(34(7-3)8-4)25-15-11-9-12-16-25/h9-24,31-32H,5-8H2,1-4H3. The van der Waals surface area contributed by atoms with E-state index < -0.39 is 0 Å². The van der Waals surface area contributed by atoms with Gasteiger partial charge in [0.2, 0.25) is 0 Å². The average Bonchev–Trinajstić information content (AvgIpc) is 3.35. The van der Waals surface area contributed by atoms with Crippen LogP contribution in [0.5, 0.6) is 0 Å². The summed E-state index contributed by atoms with van der Waals surface area (Å²) in [6.07, 6.45) is 4.63. The van der Waals surface area contributed by atoms with Crippen molar-refractivity contribution in [3.63, 3.8) is 0 Å². The predicted octanol–water partition coefficient (Wildman–Crippen LogP) is 6.87. The second kappa shape index (κ2) is 11.7. The third-order valence-corrected chi connectivity index (χ3v) is 6.73. The molecule has 3 aromatic carbocycles. The van der Waals surface area contributed by atoms with Gasteiger partial charge in [-0.15, -0.1) is 0 Å². The molecule has 0 radical (unpaired) electrons. The van der Waals surface area contributed by atoms with E-state index in [9.17, 15) is 0 Å². The molecular weight excluding hydrogens is 428 g/mol. The largest absolute Gasteiger partial charge is 0.372 e. The van der Waals surface area contributed by atoms with Gasteiger partial charge in [-0.2, -0.15) is 0 Å². The number of rotatable bonds is 10. The highest BCUT2D eigenvalue weighted by Crippen LogP contribution is 2.34. The fourth-order valence-corrected chi connectivity index (χ4v) is 4.78. The summed E-state index contributed by atoms with van der Waals surface area (Å²) >= 11 is 0. The first kappa shape index (κ1) is 24.5. The summed E-state index contributed by atoms with van der Waals surface area (Å²) in [6, 6.07) is 30.4. The molecule has 4 nitrogen and oxygen atoms in total. The Hall–Kier alpha value is -3.66. The van der Waals surface area contributed by atoms with Crippen LogP contribution < -0.4 is 15.3 Å². The maximum atomic E-state index is 3.70. The topological polar surface area (TPSA) is 21.8 Å². The van der Waals surface area contributed by atoms with E-state index in [-0.39, 0.29) is 6.04 Å². The van der Waals surface area contributed by atoms with Gasteiger partial charge < -0.3 is 9.80 Å². The number of anilines is 2. The zero-order chi connectivity index (χ0) is 24.6. The molecule has 1 aliphatic heterocycles. The summed E-state index contributed by atoms with van der Waals surface area (Å²) in [5, 5.41) is 2.27. The van der Waals surface area contributed by atoms with E-state index >= 15 is 0 Å². The zero-order valence-electron chi connectivity index (χ0n) is 21.5. The molecule has 0 aromatic heterocycles. The van der Waals surface area contributed by atoms with Crippen LogP contribution in [0.15, 0.2) is 103 Å². The van der Waals surface area contributed by atoms with Gasteiger partial charge in [-0.1, -0.05) is 60.7 Å². The molecule has 4 heteroatoms. The van der Waals surface area contributed by atoms with Crippen molar-refractivity contribution in [2.45, 2.75) is 33.7 Å². The molecule has 0 fully saturated rings. The van der Waals surface area contributed by atoms with E-state index in [1.807, 2.05) is 0 Å². The molecule has 1 aliphatic rings. The number of hydrogen-bond acceptors (Lipinski definition) is 4. The number of hydrazine groups is 1. The summed E-state index contributed by atoms with van der Waals surface area (Å²) < 4.78 is 0. The van der Waals surface area contributed by atoms with E-state index in [0.717, 1.165) is 37.6 Å². The normalized spacial score (nSPS) is 15.5. The molecule has 0 amide bonds. The number of para-hydroxylation sites is 1. The number of nitrogens with zero attached hydrogens (tertiary/aromatic N) is 3. The fourth-order valence-electron chi connectivity index (χ4n) is 4.78. The van der Waals surface area contributed by atoms with Gasteiger partial charge in [0.05, 0.1) is 17.4 Å². The highest BCUT2D eigenvalue weighted by atomic mass is 15.5. The molecule has 1 atom stereocenters. The summed E-state index contributed by atoms with van der Waals surface area (Å²) in [5.74, 6) is 0. The van der Waals surface area contributed by atoms with E-state index in [0.29, 0.717) is 0 Å². The van der Waals surface area contributed by atoms with Crippen LogP contribution >= 0.6 is 0 Å². The van der Waals surface area contributed by atoms with E-state index in [2.05, 4.69) is 145 Å². The molecular formula is C31H38N4. The Morgan fingerprint density at radius 1 is 0.771 bits per heavy atom. The minimum Gasteiger partial charge on any atom is -0.372 e. The van der Waals surface area contributed by atoms with Crippen molar-refractivity contribution in [3.8, 4) is 0 Å². The quantitative estimate of drug-likeness (QED) is 0.352. The van der Waals surface area contributed by atoms with Gasteiger partial charge in [-0.05, 0) is 75.2 Å². The molecule has 0 aliphatic carbocycles. The Bertz CT molecular complexity index is 1110. The van der Waals surface area contributed by atoms with Gasteiger partial charge in [0.15, 0.2) is 0 Å². The molecule has 4 rings (SSSR count). The highest BCUT2D eigenvalue weighted by molar-refractivity contribution is 5.68. The van der Waals surface area contributed by atoms with Crippen LogP contribution in [-0.4, -0.2) is 31.1 Å². The van der Waals surface area contributed by atoms with Crippen LogP contribution in [0.25, 0.3) is 5.70 Å². The summed E-state index contributed by atoms with van der Waals surface area (Å²) in [6.45, 7) is 12.8. The Kier molecular flexibility index (Phi) is 8.15. The van der Waals surface area contributed by atoms with E-state index in [1.54, 1.807) is 0 Å². The Morgan fingerprint density at radius 3 is 1.94 bits per heavy atom. The summed E-state index contributed by atoms with van der Waals surface area (Å²) in [5.41, 5.74) is 11.0. The van der Waals surface area contributed by atoms with Gasteiger partial charge in [-0.3, -0.25) is 10.4 Å². The average molecular weight is 467 g/mol. The molecule has 182 valence electrons. The molecule has 0 spiro atoms. The monoisotopic (exact) mass is 466 g/mol. The van der Waals surface area contributed by atoms with Gasteiger partial charge in [0.25, 0.3) is 0 Å². The lowest BCUT2D eigenvalue weighted by Gasteiger charge is -2.28. The Balaban J connectivity index is 1.73. The first-order chi connectivity index (χ1) is 17.2. The SMILES string of the molecule is CCN(CC)C(=CC1=CC(c2ccc(N(CC)CC)cc2)N(c2ccccc2)N1)c1ccccc1. The maximum Gasteiger partial charge on any atom is 0.0958 e. The minimum atomic E-state index is 0.100. The predicted molar refractivity (Wildman–Crippen MR) is 150 cm³/mol. The fraction of sp³-hybridized carbons (Fsp3) is 0.290. The Morgan fingerprint density at radius 2 is 1.37 bits per heavy atom. The van der Waals surface area contributed by atoms with Crippen LogP contribution in [0.2, 0.25) is 0 Å². The molecule has 1 heterocycles. The minimum absolute atomic E-state index is 0.100. The van der Waals surface area contributed by atoms with Crippen LogP contribution in [0.4, 0.5) is 11.4 Å². The lowest BCUT2D eigenvalue weighted by Crippen LogP contribution is -2.34. The third-order valence-electron chi connectivity index (χ3n) is 6.73. The first-order valence-corrected chi connectivity index (χ1v) is 12.9. The molecule has 0 bridgehead atoms. The second-order valence-electron chi connectivity index (χ2n) is 8.72. The van der Waals surface area contributed by atoms with Crippen LogP contribution in [0.3, 0.4) is 0 Å². The lowest BCUT2D eigenvalue weighted by atomic mass is 10.0. The molecule has 3 aromatic rings. The number of hydrogen-bond donors (Lipinski definition) is 1. The third kappa shape index (κ3) is 5.54. The molecule has 0 saturated heterocycles.